The minimum Gasteiger partial charge on any atom is -0.450 e. The molecule has 0 radical (unpaired) electrons. The van der Waals surface area contributed by atoms with Crippen LogP contribution in [0, 0.1) is 0 Å². The first-order valence-corrected chi connectivity index (χ1v) is 8.94. The molecule has 0 spiro atoms. The van der Waals surface area contributed by atoms with Crippen LogP contribution < -0.4 is 10.9 Å². The second kappa shape index (κ2) is 6.78. The number of fused-ring (bicyclic) bond motifs is 3. The average Bonchev–Trinajstić information content (AvgIpc) is 3.12. The fraction of sp³-hybridized carbons (Fsp3) is 0.444. The van der Waals surface area contributed by atoms with Gasteiger partial charge >= 0.3 is 6.09 Å². The Morgan fingerprint density at radius 2 is 2.12 bits per heavy atom. The number of hydrogen-bond acceptors (Lipinski definition) is 5. The van der Waals surface area contributed by atoms with Gasteiger partial charge in [0.1, 0.15) is 11.2 Å². The van der Waals surface area contributed by atoms with Gasteiger partial charge in [-0.2, -0.15) is 0 Å². The molecular formula is C18H21N5O3. The Kier molecular flexibility index (Phi) is 4.32. The van der Waals surface area contributed by atoms with Gasteiger partial charge < -0.3 is 19.6 Å². The van der Waals surface area contributed by atoms with E-state index >= 15 is 0 Å². The molecule has 1 aliphatic carbocycles. The maximum atomic E-state index is 12.6. The number of nitrogens with one attached hydrogen (secondary N) is 2. The van der Waals surface area contributed by atoms with E-state index in [1.54, 1.807) is 13.1 Å². The van der Waals surface area contributed by atoms with E-state index in [1.807, 2.05) is 16.8 Å². The molecule has 0 atom stereocenters. The molecule has 3 aromatic heterocycles. The minimum absolute atomic E-state index is 0.0775. The van der Waals surface area contributed by atoms with Crippen molar-refractivity contribution in [2.45, 2.75) is 44.7 Å². The lowest BCUT2D eigenvalue weighted by molar-refractivity contribution is 0.143. The largest absolute Gasteiger partial charge is 0.450 e. The summed E-state index contributed by atoms with van der Waals surface area (Å²) in [6, 6.07) is 2.09. The number of H-pyrrole nitrogens is 1. The number of hydrogen-bond donors (Lipinski definition) is 2. The van der Waals surface area contributed by atoms with E-state index < -0.39 is 0 Å². The van der Waals surface area contributed by atoms with Gasteiger partial charge in [0.2, 0.25) is 0 Å². The van der Waals surface area contributed by atoms with E-state index in [-0.39, 0.29) is 23.7 Å². The third kappa shape index (κ3) is 2.91. The summed E-state index contributed by atoms with van der Waals surface area (Å²) in [7, 11) is 0. The summed E-state index contributed by atoms with van der Waals surface area (Å²) in [6.07, 6.45) is 7.74. The zero-order valence-corrected chi connectivity index (χ0v) is 14.6. The first-order valence-electron chi connectivity index (χ1n) is 8.94. The van der Waals surface area contributed by atoms with Crippen molar-refractivity contribution in [3.8, 4) is 0 Å². The molecule has 4 rings (SSSR count). The molecule has 8 heteroatoms. The highest BCUT2D eigenvalue weighted by molar-refractivity contribution is 6.00. The molecule has 1 amide bonds. The van der Waals surface area contributed by atoms with Gasteiger partial charge in [0, 0.05) is 23.7 Å². The highest BCUT2D eigenvalue weighted by Gasteiger charge is 2.26. The lowest BCUT2D eigenvalue weighted by Crippen LogP contribution is -2.39. The van der Waals surface area contributed by atoms with Crippen molar-refractivity contribution in [3.05, 3.63) is 35.0 Å². The topological polar surface area (TPSA) is 102 Å². The maximum Gasteiger partial charge on any atom is 0.407 e. The van der Waals surface area contributed by atoms with Crippen molar-refractivity contribution in [3.63, 3.8) is 0 Å². The SMILES string of the molecule is CCOC(=O)N[C@H]1CC[C@H](n2c(=O)cnc3cnc4[nH]ccc4c32)CC1. The lowest BCUT2D eigenvalue weighted by Gasteiger charge is -2.30. The molecule has 1 fully saturated rings. The molecule has 1 aliphatic rings. The number of pyridine rings is 1. The van der Waals surface area contributed by atoms with Gasteiger partial charge in [0.05, 0.1) is 24.5 Å². The Balaban J connectivity index is 1.64. The average molecular weight is 355 g/mol. The number of rotatable bonds is 3. The number of amides is 1. The van der Waals surface area contributed by atoms with Crippen LogP contribution in [0.3, 0.4) is 0 Å². The summed E-state index contributed by atoms with van der Waals surface area (Å²) in [4.78, 5) is 35.9. The van der Waals surface area contributed by atoms with E-state index in [2.05, 4.69) is 20.3 Å². The van der Waals surface area contributed by atoms with Crippen LogP contribution in [0.5, 0.6) is 0 Å². The quantitative estimate of drug-likeness (QED) is 0.751. The first-order chi connectivity index (χ1) is 12.7. The van der Waals surface area contributed by atoms with Gasteiger partial charge in [-0.05, 0) is 38.7 Å². The van der Waals surface area contributed by atoms with E-state index in [4.69, 9.17) is 4.74 Å². The van der Waals surface area contributed by atoms with Crippen LogP contribution in [0.15, 0.2) is 29.5 Å². The van der Waals surface area contributed by atoms with E-state index in [1.165, 1.54) is 6.20 Å². The molecule has 136 valence electrons. The molecular weight excluding hydrogens is 334 g/mol. The first kappa shape index (κ1) is 16.6. The number of ether oxygens (including phenoxy) is 1. The summed E-state index contributed by atoms with van der Waals surface area (Å²) >= 11 is 0. The normalized spacial score (nSPS) is 20.3. The van der Waals surface area contributed by atoms with Gasteiger partial charge in [0.25, 0.3) is 5.56 Å². The maximum absolute atomic E-state index is 12.6. The Labute approximate surface area is 149 Å². The standard InChI is InChI=1S/C18H21N5O3/c1-2-26-18(25)22-11-3-5-12(6-4-11)23-15(24)10-20-14-9-21-17-13(16(14)23)7-8-19-17/h7-12H,2-6H2,1H3,(H,19,21)(H,22,25)/t11-,12-. The van der Waals surface area contributed by atoms with Crippen molar-refractivity contribution in [2.24, 2.45) is 0 Å². The Bertz CT molecular complexity index is 1000. The summed E-state index contributed by atoms with van der Waals surface area (Å²) in [5.41, 5.74) is 2.18. The molecule has 26 heavy (non-hydrogen) atoms. The van der Waals surface area contributed by atoms with Crippen LogP contribution in [0.25, 0.3) is 22.1 Å². The van der Waals surface area contributed by atoms with Gasteiger partial charge in [-0.3, -0.25) is 4.79 Å². The van der Waals surface area contributed by atoms with Crippen LogP contribution >= 0.6 is 0 Å². The minimum atomic E-state index is -0.373. The van der Waals surface area contributed by atoms with Gasteiger partial charge in [-0.25, -0.2) is 14.8 Å². The molecule has 0 bridgehead atoms. The summed E-state index contributed by atoms with van der Waals surface area (Å²) in [5, 5.41) is 3.80. The van der Waals surface area contributed by atoms with E-state index in [0.717, 1.165) is 42.2 Å². The Morgan fingerprint density at radius 3 is 2.88 bits per heavy atom. The molecule has 0 unspecified atom stereocenters. The monoisotopic (exact) mass is 355 g/mol. The van der Waals surface area contributed by atoms with Gasteiger partial charge in [0.15, 0.2) is 0 Å². The van der Waals surface area contributed by atoms with Crippen LogP contribution in [0.1, 0.15) is 38.6 Å². The second-order valence-electron chi connectivity index (χ2n) is 6.57. The molecule has 3 heterocycles. The van der Waals surface area contributed by atoms with Crippen molar-refractivity contribution in [1.82, 2.24) is 24.8 Å². The fourth-order valence-corrected chi connectivity index (χ4v) is 3.81. The van der Waals surface area contributed by atoms with Crippen LogP contribution in [0.2, 0.25) is 0 Å². The predicted octanol–water partition coefficient (Wildman–Crippen LogP) is 2.50. The number of aromatic amines is 1. The van der Waals surface area contributed by atoms with Crippen molar-refractivity contribution < 1.29 is 9.53 Å². The molecule has 8 nitrogen and oxygen atoms in total. The number of alkyl carbamates (subject to hydrolysis) is 1. The molecule has 0 aliphatic heterocycles. The van der Waals surface area contributed by atoms with Crippen LogP contribution in [-0.4, -0.2) is 38.3 Å². The van der Waals surface area contributed by atoms with Crippen LogP contribution in [0.4, 0.5) is 4.79 Å². The Morgan fingerprint density at radius 1 is 1.31 bits per heavy atom. The smallest absolute Gasteiger partial charge is 0.407 e. The molecule has 3 aromatic rings. The predicted molar refractivity (Wildman–Crippen MR) is 97.1 cm³/mol. The van der Waals surface area contributed by atoms with E-state index in [9.17, 15) is 9.59 Å². The highest BCUT2D eigenvalue weighted by Crippen LogP contribution is 2.31. The molecule has 0 aromatic carbocycles. The molecule has 2 N–H and O–H groups in total. The zero-order chi connectivity index (χ0) is 18.1. The summed E-state index contributed by atoms with van der Waals surface area (Å²) in [6.45, 7) is 2.15. The second-order valence-corrected chi connectivity index (χ2v) is 6.57. The van der Waals surface area contributed by atoms with Gasteiger partial charge in [-0.1, -0.05) is 0 Å². The Hall–Kier alpha value is -2.90. The highest BCUT2D eigenvalue weighted by atomic mass is 16.5. The third-order valence-electron chi connectivity index (χ3n) is 4.99. The van der Waals surface area contributed by atoms with Crippen molar-refractivity contribution >= 4 is 28.2 Å². The summed E-state index contributed by atoms with van der Waals surface area (Å²) in [5.74, 6) is 0. The molecule has 0 saturated heterocycles. The van der Waals surface area contributed by atoms with E-state index in [0.29, 0.717) is 12.1 Å². The molecule has 1 saturated carbocycles. The number of carbonyl (C=O) groups excluding carboxylic acids is 1. The number of carbonyl (C=O) groups is 1. The summed E-state index contributed by atoms with van der Waals surface area (Å²) < 4.78 is 6.80. The zero-order valence-electron chi connectivity index (χ0n) is 14.6. The van der Waals surface area contributed by atoms with Crippen molar-refractivity contribution in [2.75, 3.05) is 6.61 Å². The van der Waals surface area contributed by atoms with Gasteiger partial charge in [-0.15, -0.1) is 0 Å². The third-order valence-corrected chi connectivity index (χ3v) is 4.99. The fourth-order valence-electron chi connectivity index (χ4n) is 3.81. The number of aromatic nitrogens is 4. The van der Waals surface area contributed by atoms with Crippen LogP contribution in [-0.2, 0) is 4.74 Å². The lowest BCUT2D eigenvalue weighted by atomic mass is 9.90. The number of nitrogens with zero attached hydrogens (tertiary/aromatic N) is 3. The van der Waals surface area contributed by atoms with Crippen molar-refractivity contribution in [1.29, 1.82) is 0 Å².